The summed E-state index contributed by atoms with van der Waals surface area (Å²) in [6.45, 7) is 1.94. The van der Waals surface area contributed by atoms with Crippen LogP contribution < -0.4 is 20.1 Å². The van der Waals surface area contributed by atoms with Gasteiger partial charge >= 0.3 is 6.09 Å². The molecular weight excluding hydrogens is 362 g/mol. The number of Topliss-reactive ketones (excluding diaryl/α,β-unsaturated/α-hetero) is 1. The summed E-state index contributed by atoms with van der Waals surface area (Å²) in [5, 5.41) is 7.42. The zero-order chi connectivity index (χ0) is 20.3. The number of carbonyl (C=O) groups is 2. The lowest BCUT2D eigenvalue weighted by Gasteiger charge is -2.15. The van der Waals surface area contributed by atoms with Gasteiger partial charge in [0.2, 0.25) is 0 Å². The van der Waals surface area contributed by atoms with Crippen LogP contribution in [0.15, 0.2) is 42.5 Å². The van der Waals surface area contributed by atoms with Gasteiger partial charge in [0.25, 0.3) is 0 Å². The average Bonchev–Trinajstić information content (AvgIpc) is 3.06. The molecule has 1 amide bonds. The van der Waals surface area contributed by atoms with Crippen molar-refractivity contribution in [3.05, 3.63) is 53.6 Å². The maximum absolute atomic E-state index is 12.2. The first kappa shape index (κ1) is 19.2. The Kier molecular flexibility index (Phi) is 5.49. The third-order valence-electron chi connectivity index (χ3n) is 4.36. The monoisotopic (exact) mass is 383 g/mol. The summed E-state index contributed by atoms with van der Waals surface area (Å²) in [6, 6.07) is 11.7. The number of cyclic esters (lactones) is 1. The molecule has 28 heavy (non-hydrogen) atoms. The van der Waals surface area contributed by atoms with Gasteiger partial charge < -0.3 is 19.9 Å². The second kappa shape index (κ2) is 7.99. The molecule has 0 spiro atoms. The fraction of sp³-hybridized carbons (Fsp3) is 0.250. The van der Waals surface area contributed by atoms with Crippen LogP contribution in [-0.2, 0) is 4.74 Å². The average molecular weight is 383 g/mol. The van der Waals surface area contributed by atoms with Crippen molar-refractivity contribution in [3.8, 4) is 11.5 Å². The Bertz CT molecular complexity index is 911. The van der Waals surface area contributed by atoms with Crippen LogP contribution in [-0.4, -0.2) is 44.1 Å². The van der Waals surface area contributed by atoms with E-state index < -0.39 is 12.2 Å². The minimum Gasteiger partial charge on any atom is -0.493 e. The molecule has 8 nitrogen and oxygen atoms in total. The molecule has 0 radical (unpaired) electrons. The third-order valence-corrected chi connectivity index (χ3v) is 4.36. The Hall–Kier alpha value is -3.55. The molecule has 146 valence electrons. The highest BCUT2D eigenvalue weighted by atomic mass is 16.6. The van der Waals surface area contributed by atoms with Crippen LogP contribution in [0.2, 0.25) is 0 Å². The molecule has 0 saturated carbocycles. The van der Waals surface area contributed by atoms with Gasteiger partial charge in [-0.05, 0) is 49.4 Å². The number of nitrogens with two attached hydrogens (primary N) is 1. The smallest absolute Gasteiger partial charge is 0.414 e. The first-order valence-corrected chi connectivity index (χ1v) is 8.63. The van der Waals surface area contributed by atoms with Crippen molar-refractivity contribution in [1.82, 2.24) is 0 Å². The Morgan fingerprint density at radius 3 is 2.50 bits per heavy atom. The minimum atomic E-state index is -0.469. The van der Waals surface area contributed by atoms with Crippen LogP contribution in [0.1, 0.15) is 22.8 Å². The van der Waals surface area contributed by atoms with Crippen LogP contribution in [0.4, 0.5) is 10.5 Å². The summed E-state index contributed by atoms with van der Waals surface area (Å²) in [7, 11) is 1.49. The van der Waals surface area contributed by atoms with Crippen LogP contribution in [0.5, 0.6) is 11.5 Å². The van der Waals surface area contributed by atoms with Gasteiger partial charge in [-0.2, -0.15) is 0 Å². The second-order valence-corrected chi connectivity index (χ2v) is 6.31. The maximum Gasteiger partial charge on any atom is 0.414 e. The van der Waals surface area contributed by atoms with E-state index >= 15 is 0 Å². The summed E-state index contributed by atoms with van der Waals surface area (Å²) in [5.41, 5.74) is 7.20. The van der Waals surface area contributed by atoms with E-state index in [1.165, 1.54) is 18.9 Å². The topological polar surface area (TPSA) is 115 Å². The number of methoxy groups -OCH3 is 1. The first-order valence-electron chi connectivity index (χ1n) is 8.63. The number of nitrogen functional groups attached to an aromatic ring is 1. The lowest BCUT2D eigenvalue weighted by molar-refractivity contribution is 0.101. The van der Waals surface area contributed by atoms with E-state index in [0.29, 0.717) is 34.9 Å². The Balaban J connectivity index is 1.64. The molecule has 1 heterocycles. The largest absolute Gasteiger partial charge is 0.493 e. The zero-order valence-electron chi connectivity index (χ0n) is 15.6. The maximum atomic E-state index is 12.2. The number of ketones is 1. The van der Waals surface area contributed by atoms with Gasteiger partial charge in [0.05, 0.1) is 13.7 Å². The molecule has 1 saturated heterocycles. The number of carbonyl (C=O) groups excluding carboxylic acids is 2. The predicted molar refractivity (Wildman–Crippen MR) is 104 cm³/mol. The highest BCUT2D eigenvalue weighted by Crippen LogP contribution is 2.29. The van der Waals surface area contributed by atoms with E-state index in [1.807, 2.05) is 0 Å². The van der Waals surface area contributed by atoms with Crippen molar-refractivity contribution in [3.63, 3.8) is 0 Å². The summed E-state index contributed by atoms with van der Waals surface area (Å²) in [6.07, 6.45) is -0.930. The van der Waals surface area contributed by atoms with Crippen molar-refractivity contribution in [2.75, 3.05) is 25.2 Å². The molecule has 1 aliphatic rings. The van der Waals surface area contributed by atoms with E-state index in [0.717, 1.165) is 0 Å². The molecule has 2 aromatic rings. The van der Waals surface area contributed by atoms with Gasteiger partial charge in [-0.15, -0.1) is 0 Å². The van der Waals surface area contributed by atoms with Gasteiger partial charge in [0, 0.05) is 16.8 Å². The number of rotatable bonds is 7. The van der Waals surface area contributed by atoms with E-state index in [9.17, 15) is 9.59 Å². The van der Waals surface area contributed by atoms with Gasteiger partial charge in [-0.3, -0.25) is 15.1 Å². The van der Waals surface area contributed by atoms with E-state index in [1.54, 1.807) is 42.5 Å². The summed E-state index contributed by atoms with van der Waals surface area (Å²) >= 11 is 0. The number of nitrogens with one attached hydrogen (secondary N) is 1. The van der Waals surface area contributed by atoms with E-state index in [2.05, 4.69) is 0 Å². The Morgan fingerprint density at radius 2 is 1.89 bits per heavy atom. The summed E-state index contributed by atoms with van der Waals surface area (Å²) in [4.78, 5) is 25.2. The van der Waals surface area contributed by atoms with Gasteiger partial charge in [0.15, 0.2) is 23.4 Å². The van der Waals surface area contributed by atoms with Crippen LogP contribution in [0.25, 0.3) is 0 Å². The molecule has 0 bridgehead atoms. The van der Waals surface area contributed by atoms with E-state index in [-0.39, 0.29) is 18.2 Å². The fourth-order valence-corrected chi connectivity index (χ4v) is 2.83. The molecule has 0 aliphatic carbocycles. The van der Waals surface area contributed by atoms with Crippen LogP contribution in [0, 0.1) is 5.41 Å². The normalized spacial score (nSPS) is 15.9. The van der Waals surface area contributed by atoms with Gasteiger partial charge in [-0.1, -0.05) is 0 Å². The van der Waals surface area contributed by atoms with E-state index in [4.69, 9.17) is 25.4 Å². The number of amides is 1. The molecular formula is C20H21N3O5. The minimum absolute atomic E-state index is 0.0356. The second-order valence-electron chi connectivity index (χ2n) is 6.31. The van der Waals surface area contributed by atoms with Crippen molar-refractivity contribution in [2.24, 2.45) is 5.73 Å². The number of amidine groups is 1. The number of nitrogens with zero attached hydrogens (tertiary/aromatic N) is 1. The van der Waals surface area contributed by atoms with Gasteiger partial charge in [-0.25, -0.2) is 4.79 Å². The van der Waals surface area contributed by atoms with Crippen LogP contribution >= 0.6 is 0 Å². The zero-order valence-corrected chi connectivity index (χ0v) is 15.6. The molecule has 0 aromatic heterocycles. The van der Waals surface area contributed by atoms with Gasteiger partial charge in [0.1, 0.15) is 12.4 Å². The lowest BCUT2D eigenvalue weighted by Crippen LogP contribution is -2.26. The Labute approximate surface area is 162 Å². The van der Waals surface area contributed by atoms with Crippen molar-refractivity contribution in [2.45, 2.75) is 13.0 Å². The number of anilines is 1. The molecule has 1 aliphatic heterocycles. The first-order chi connectivity index (χ1) is 13.4. The molecule has 8 heteroatoms. The number of hydrogen-bond donors (Lipinski definition) is 2. The fourth-order valence-electron chi connectivity index (χ4n) is 2.83. The predicted octanol–water partition coefficient (Wildman–Crippen LogP) is 2.59. The van der Waals surface area contributed by atoms with Crippen molar-refractivity contribution in [1.29, 1.82) is 5.41 Å². The summed E-state index contributed by atoms with van der Waals surface area (Å²) < 4.78 is 16.4. The number of hydrogen-bond acceptors (Lipinski definition) is 6. The third kappa shape index (κ3) is 4.06. The Morgan fingerprint density at radius 1 is 1.21 bits per heavy atom. The van der Waals surface area contributed by atoms with Crippen LogP contribution in [0.3, 0.4) is 0 Å². The molecule has 1 fully saturated rings. The number of benzene rings is 2. The molecule has 1 unspecified atom stereocenters. The standard InChI is InChI=1S/C20H21N3O5/c1-12(24)14-5-8-17(18(9-14)26-2)27-11-16-10-23(20(25)28-16)15-6-3-13(4-7-15)19(21)22/h3-9,16H,10-11H2,1-2H3,(H3,21,22). The number of ether oxygens (including phenoxy) is 3. The quantitative estimate of drug-likeness (QED) is 0.431. The van der Waals surface area contributed by atoms with Crippen molar-refractivity contribution >= 4 is 23.4 Å². The molecule has 2 aromatic carbocycles. The SMILES string of the molecule is COc1cc(C(C)=O)ccc1OCC1CN(c2ccc(C(=N)N)cc2)C(=O)O1. The molecule has 1 atom stereocenters. The highest BCUT2D eigenvalue weighted by Gasteiger charge is 2.33. The molecule has 3 N–H and O–H groups in total. The highest BCUT2D eigenvalue weighted by molar-refractivity contribution is 5.96. The lowest BCUT2D eigenvalue weighted by atomic mass is 10.1. The van der Waals surface area contributed by atoms with Crippen molar-refractivity contribution < 1.29 is 23.8 Å². The molecule has 3 rings (SSSR count). The summed E-state index contributed by atoms with van der Waals surface area (Å²) in [5.74, 6) is 0.800.